The number of nitrogens with one attached hydrogen (secondary N) is 2. The Balaban J connectivity index is 2.47. The van der Waals surface area contributed by atoms with E-state index in [1.807, 2.05) is 0 Å². The van der Waals surface area contributed by atoms with Crippen molar-refractivity contribution < 1.29 is 0 Å². The molecule has 2 aromatic rings. The van der Waals surface area contributed by atoms with Crippen molar-refractivity contribution in [3.8, 4) is 11.5 Å². The summed E-state index contributed by atoms with van der Waals surface area (Å²) in [7, 11) is 0. The summed E-state index contributed by atoms with van der Waals surface area (Å²) in [5.41, 5.74) is 6.24. The molecule has 2 heterocycles. The maximum absolute atomic E-state index is 10.7. The van der Waals surface area contributed by atoms with Crippen LogP contribution in [0, 0.1) is 0 Å². The second kappa shape index (κ2) is 2.74. The molecule has 2 rings (SSSR count). The average molecular weight is 177 g/mol. The molecule has 0 spiro atoms. The van der Waals surface area contributed by atoms with E-state index < -0.39 is 0 Å². The fourth-order valence-corrected chi connectivity index (χ4v) is 0.937. The zero-order valence-corrected chi connectivity index (χ0v) is 6.61. The Morgan fingerprint density at radius 1 is 1.38 bits per heavy atom. The Labute approximate surface area is 72.8 Å². The minimum atomic E-state index is -0.353. The fraction of sp³-hybridized carbons (Fsp3) is 0. The van der Waals surface area contributed by atoms with Gasteiger partial charge in [-0.15, -0.1) is 0 Å². The maximum Gasteiger partial charge on any atom is 0.340 e. The molecular weight excluding hydrogens is 170 g/mol. The lowest BCUT2D eigenvalue weighted by Crippen LogP contribution is -2.00. The van der Waals surface area contributed by atoms with Gasteiger partial charge in [-0.25, -0.2) is 9.89 Å². The largest absolute Gasteiger partial charge is 0.397 e. The van der Waals surface area contributed by atoms with Crippen LogP contribution in [-0.2, 0) is 0 Å². The molecule has 0 aliphatic heterocycles. The molecule has 6 nitrogen and oxygen atoms in total. The third-order valence-electron chi connectivity index (χ3n) is 1.53. The topological polar surface area (TPSA) is 100 Å². The van der Waals surface area contributed by atoms with Crippen LogP contribution in [0.25, 0.3) is 11.5 Å². The van der Waals surface area contributed by atoms with E-state index in [2.05, 4.69) is 20.2 Å². The summed E-state index contributed by atoms with van der Waals surface area (Å²) in [6, 6.07) is 3.37. The molecule has 4 N–H and O–H groups in total. The second-order valence-electron chi connectivity index (χ2n) is 2.50. The van der Waals surface area contributed by atoms with Crippen LogP contribution in [0.5, 0.6) is 0 Å². The number of pyridine rings is 1. The first kappa shape index (κ1) is 7.53. The Bertz CT molecular complexity index is 454. The van der Waals surface area contributed by atoms with Gasteiger partial charge >= 0.3 is 5.69 Å². The summed E-state index contributed by atoms with van der Waals surface area (Å²) < 4.78 is 0. The molecule has 0 aliphatic rings. The molecule has 0 bridgehead atoms. The number of hydrogen-bond acceptors (Lipinski definition) is 4. The predicted octanol–water partition coefficient (Wildman–Crippen LogP) is -0.258. The van der Waals surface area contributed by atoms with Gasteiger partial charge in [-0.2, -0.15) is 5.10 Å². The van der Waals surface area contributed by atoms with Crippen molar-refractivity contribution in [2.75, 3.05) is 5.73 Å². The molecule has 13 heavy (non-hydrogen) atoms. The number of hydrogen-bond donors (Lipinski definition) is 3. The monoisotopic (exact) mass is 177 g/mol. The number of anilines is 1. The number of aromatic amines is 2. The van der Waals surface area contributed by atoms with Gasteiger partial charge in [-0.3, -0.25) is 9.97 Å². The Hall–Kier alpha value is -2.11. The van der Waals surface area contributed by atoms with Gasteiger partial charge in [-0.1, -0.05) is 0 Å². The van der Waals surface area contributed by atoms with Gasteiger partial charge in [0, 0.05) is 0 Å². The number of aromatic nitrogens is 4. The van der Waals surface area contributed by atoms with Gasteiger partial charge in [0.05, 0.1) is 11.9 Å². The lowest BCUT2D eigenvalue weighted by molar-refractivity contribution is 1.05. The highest BCUT2D eigenvalue weighted by molar-refractivity contribution is 5.51. The lowest BCUT2D eigenvalue weighted by Gasteiger charge is -1.94. The van der Waals surface area contributed by atoms with Crippen LogP contribution in [0.4, 0.5) is 5.69 Å². The third-order valence-corrected chi connectivity index (χ3v) is 1.53. The quantitative estimate of drug-likeness (QED) is 0.558. The van der Waals surface area contributed by atoms with E-state index in [9.17, 15) is 4.79 Å². The molecular formula is C7H7N5O. The first-order chi connectivity index (χ1) is 6.25. The summed E-state index contributed by atoms with van der Waals surface area (Å²) in [6.45, 7) is 0. The smallest absolute Gasteiger partial charge is 0.340 e. The summed E-state index contributed by atoms with van der Waals surface area (Å²) >= 11 is 0. The Kier molecular flexibility index (Phi) is 1.59. The minimum absolute atomic E-state index is 0.353. The van der Waals surface area contributed by atoms with Gasteiger partial charge in [0.1, 0.15) is 5.69 Å². The first-order valence-electron chi connectivity index (χ1n) is 3.62. The van der Waals surface area contributed by atoms with E-state index >= 15 is 0 Å². The van der Waals surface area contributed by atoms with Crippen LogP contribution in [0.1, 0.15) is 0 Å². The SMILES string of the molecule is Nc1ccc(-c2n[nH]c(=O)[nH]2)nc1. The van der Waals surface area contributed by atoms with E-state index in [1.54, 1.807) is 12.1 Å². The molecule has 2 aromatic heterocycles. The van der Waals surface area contributed by atoms with Gasteiger partial charge < -0.3 is 5.73 Å². The summed E-state index contributed by atoms with van der Waals surface area (Å²) in [5.74, 6) is 0.407. The molecule has 0 aromatic carbocycles. The average Bonchev–Trinajstić information content (AvgIpc) is 2.53. The number of rotatable bonds is 1. The van der Waals surface area contributed by atoms with Gasteiger partial charge in [-0.05, 0) is 12.1 Å². The zero-order chi connectivity index (χ0) is 9.26. The number of H-pyrrole nitrogens is 2. The Morgan fingerprint density at radius 2 is 2.23 bits per heavy atom. The molecule has 0 aliphatic carbocycles. The highest BCUT2D eigenvalue weighted by atomic mass is 16.1. The van der Waals surface area contributed by atoms with Crippen molar-refractivity contribution in [1.82, 2.24) is 20.2 Å². The van der Waals surface area contributed by atoms with E-state index in [0.717, 1.165) is 0 Å². The van der Waals surface area contributed by atoms with Crippen LogP contribution in [0.3, 0.4) is 0 Å². The number of nitrogen functional groups attached to an aromatic ring is 1. The molecule has 66 valence electrons. The van der Waals surface area contributed by atoms with Gasteiger partial charge in [0.25, 0.3) is 0 Å². The summed E-state index contributed by atoms with van der Waals surface area (Å²) in [4.78, 5) is 17.2. The zero-order valence-electron chi connectivity index (χ0n) is 6.61. The van der Waals surface area contributed by atoms with E-state index in [4.69, 9.17) is 5.73 Å². The highest BCUT2D eigenvalue weighted by Gasteiger charge is 2.01. The standard InChI is InChI=1S/C7H7N5O/c8-4-1-2-5(9-3-4)6-10-7(13)12-11-6/h1-3H,8H2,(H2,10,11,12,13). The lowest BCUT2D eigenvalue weighted by atomic mass is 10.3. The van der Waals surface area contributed by atoms with E-state index in [0.29, 0.717) is 17.2 Å². The van der Waals surface area contributed by atoms with Crippen molar-refractivity contribution in [2.45, 2.75) is 0 Å². The van der Waals surface area contributed by atoms with E-state index in [-0.39, 0.29) is 5.69 Å². The fourth-order valence-electron chi connectivity index (χ4n) is 0.937. The highest BCUT2D eigenvalue weighted by Crippen LogP contribution is 2.09. The van der Waals surface area contributed by atoms with Crippen molar-refractivity contribution in [2.24, 2.45) is 0 Å². The van der Waals surface area contributed by atoms with E-state index in [1.165, 1.54) is 6.20 Å². The van der Waals surface area contributed by atoms with Gasteiger partial charge in [0.15, 0.2) is 5.82 Å². The first-order valence-corrected chi connectivity index (χ1v) is 3.62. The molecule has 0 saturated heterocycles. The van der Waals surface area contributed by atoms with Crippen molar-refractivity contribution in [3.05, 3.63) is 28.8 Å². The molecule has 0 unspecified atom stereocenters. The van der Waals surface area contributed by atoms with Crippen molar-refractivity contribution in [1.29, 1.82) is 0 Å². The summed E-state index contributed by atoms with van der Waals surface area (Å²) in [6.07, 6.45) is 1.50. The molecule has 0 fully saturated rings. The molecule has 0 saturated carbocycles. The van der Waals surface area contributed by atoms with Crippen LogP contribution in [0.2, 0.25) is 0 Å². The molecule has 0 atom stereocenters. The van der Waals surface area contributed by atoms with Crippen molar-refractivity contribution >= 4 is 5.69 Å². The molecule has 6 heteroatoms. The predicted molar refractivity (Wildman–Crippen MR) is 46.9 cm³/mol. The van der Waals surface area contributed by atoms with Gasteiger partial charge in [0.2, 0.25) is 0 Å². The Morgan fingerprint density at radius 3 is 2.77 bits per heavy atom. The van der Waals surface area contributed by atoms with Crippen molar-refractivity contribution in [3.63, 3.8) is 0 Å². The number of nitrogens with two attached hydrogens (primary N) is 1. The minimum Gasteiger partial charge on any atom is -0.397 e. The number of nitrogens with zero attached hydrogens (tertiary/aromatic N) is 2. The van der Waals surface area contributed by atoms with Crippen LogP contribution >= 0.6 is 0 Å². The molecule has 0 amide bonds. The van der Waals surface area contributed by atoms with Crippen LogP contribution in [-0.4, -0.2) is 20.2 Å². The van der Waals surface area contributed by atoms with Crippen LogP contribution in [0.15, 0.2) is 23.1 Å². The normalized spacial score (nSPS) is 10.2. The third kappa shape index (κ3) is 1.41. The maximum atomic E-state index is 10.7. The summed E-state index contributed by atoms with van der Waals surface area (Å²) in [5, 5.41) is 5.97. The molecule has 0 radical (unpaired) electrons. The van der Waals surface area contributed by atoms with Crippen LogP contribution < -0.4 is 11.4 Å². The second-order valence-corrected chi connectivity index (χ2v) is 2.50.